The van der Waals surface area contributed by atoms with Crippen molar-refractivity contribution in [3.05, 3.63) is 29.8 Å². The lowest BCUT2D eigenvalue weighted by molar-refractivity contribution is 0.358. The number of benzene rings is 1. The van der Waals surface area contributed by atoms with Crippen molar-refractivity contribution < 1.29 is 17.2 Å². The van der Waals surface area contributed by atoms with Crippen LogP contribution in [0.4, 0.5) is 8.78 Å². The van der Waals surface area contributed by atoms with Crippen molar-refractivity contribution in [2.75, 3.05) is 19.6 Å². The Labute approximate surface area is 116 Å². The minimum absolute atomic E-state index is 0.206. The van der Waals surface area contributed by atoms with E-state index in [-0.39, 0.29) is 17.9 Å². The van der Waals surface area contributed by atoms with Gasteiger partial charge in [-0.15, -0.1) is 0 Å². The van der Waals surface area contributed by atoms with Gasteiger partial charge in [-0.25, -0.2) is 17.2 Å². The standard InChI is InChI=1S/C13H16F2N2O2S/c1-8-11-6-16-5-9(11)7-17(8)20(18,19)13-4-10(14)2-3-12(13)15/h2-4,8-9,11,16H,5-7H2,1H3. The van der Waals surface area contributed by atoms with Crippen LogP contribution in [0, 0.1) is 23.5 Å². The second kappa shape index (κ2) is 4.75. The Bertz CT molecular complexity index is 635. The smallest absolute Gasteiger partial charge is 0.246 e. The third-order valence-corrected chi connectivity index (χ3v) is 6.33. The van der Waals surface area contributed by atoms with Crippen molar-refractivity contribution >= 4 is 10.0 Å². The first-order valence-corrected chi connectivity index (χ1v) is 8.03. The van der Waals surface area contributed by atoms with Crippen LogP contribution in [-0.2, 0) is 10.0 Å². The van der Waals surface area contributed by atoms with E-state index in [9.17, 15) is 17.2 Å². The molecule has 2 aliphatic rings. The van der Waals surface area contributed by atoms with Gasteiger partial charge in [-0.3, -0.25) is 0 Å². The molecular formula is C13H16F2N2O2S. The van der Waals surface area contributed by atoms with E-state index in [1.807, 2.05) is 6.92 Å². The molecule has 3 unspecified atom stereocenters. The van der Waals surface area contributed by atoms with E-state index in [0.29, 0.717) is 6.54 Å². The van der Waals surface area contributed by atoms with Gasteiger partial charge >= 0.3 is 0 Å². The highest BCUT2D eigenvalue weighted by atomic mass is 32.2. The van der Waals surface area contributed by atoms with Crippen LogP contribution in [-0.4, -0.2) is 38.4 Å². The molecule has 110 valence electrons. The third kappa shape index (κ3) is 2.04. The van der Waals surface area contributed by atoms with Crippen molar-refractivity contribution in [1.82, 2.24) is 9.62 Å². The largest absolute Gasteiger partial charge is 0.316 e. The Kier molecular flexibility index (Phi) is 3.30. The van der Waals surface area contributed by atoms with E-state index >= 15 is 0 Å². The summed E-state index contributed by atoms with van der Waals surface area (Å²) in [4.78, 5) is -0.572. The van der Waals surface area contributed by atoms with Gasteiger partial charge in [0.25, 0.3) is 0 Å². The van der Waals surface area contributed by atoms with Gasteiger partial charge in [-0.1, -0.05) is 0 Å². The zero-order valence-corrected chi connectivity index (χ0v) is 11.8. The highest BCUT2D eigenvalue weighted by molar-refractivity contribution is 7.89. The Morgan fingerprint density at radius 2 is 2.05 bits per heavy atom. The van der Waals surface area contributed by atoms with Crippen molar-refractivity contribution in [2.45, 2.75) is 17.9 Å². The zero-order chi connectivity index (χ0) is 14.5. The third-order valence-electron chi connectivity index (χ3n) is 4.36. The number of hydrogen-bond donors (Lipinski definition) is 1. The molecule has 3 atom stereocenters. The molecule has 2 aliphatic heterocycles. The molecule has 0 aromatic heterocycles. The Hall–Kier alpha value is -1.05. The molecule has 7 heteroatoms. The Morgan fingerprint density at radius 1 is 1.30 bits per heavy atom. The van der Waals surface area contributed by atoms with Crippen LogP contribution in [0.1, 0.15) is 6.92 Å². The number of fused-ring (bicyclic) bond motifs is 1. The fourth-order valence-corrected chi connectivity index (χ4v) is 5.06. The molecule has 4 nitrogen and oxygen atoms in total. The van der Waals surface area contributed by atoms with Gasteiger partial charge in [0.1, 0.15) is 16.5 Å². The molecule has 0 spiro atoms. The lowest BCUT2D eigenvalue weighted by Gasteiger charge is -2.24. The van der Waals surface area contributed by atoms with Gasteiger partial charge in [-0.2, -0.15) is 4.31 Å². The summed E-state index contributed by atoms with van der Waals surface area (Å²) in [5.74, 6) is -1.18. The van der Waals surface area contributed by atoms with Crippen molar-refractivity contribution in [2.24, 2.45) is 11.8 Å². The molecule has 1 aromatic rings. The minimum atomic E-state index is -3.99. The molecule has 0 amide bonds. The SMILES string of the molecule is CC1C2CNCC2CN1S(=O)(=O)c1cc(F)ccc1F. The zero-order valence-electron chi connectivity index (χ0n) is 11.0. The highest BCUT2D eigenvalue weighted by Crippen LogP contribution is 2.36. The van der Waals surface area contributed by atoms with Crippen LogP contribution in [0.3, 0.4) is 0 Å². The molecule has 20 heavy (non-hydrogen) atoms. The Balaban J connectivity index is 1.98. The first-order valence-electron chi connectivity index (χ1n) is 6.59. The summed E-state index contributed by atoms with van der Waals surface area (Å²) in [5, 5.41) is 3.23. The van der Waals surface area contributed by atoms with E-state index in [0.717, 1.165) is 31.3 Å². The molecule has 2 heterocycles. The first-order chi connectivity index (χ1) is 9.41. The number of nitrogens with one attached hydrogen (secondary N) is 1. The summed E-state index contributed by atoms with van der Waals surface area (Å²) in [6, 6.07) is 2.32. The number of nitrogens with zero attached hydrogens (tertiary/aromatic N) is 1. The average molecular weight is 302 g/mol. The molecule has 2 fully saturated rings. The topological polar surface area (TPSA) is 49.4 Å². The molecule has 3 rings (SSSR count). The lowest BCUT2D eigenvalue weighted by Crippen LogP contribution is -2.38. The molecule has 0 bridgehead atoms. The summed E-state index contributed by atoms with van der Waals surface area (Å²) >= 11 is 0. The number of halogens is 2. The van der Waals surface area contributed by atoms with Crippen LogP contribution in [0.25, 0.3) is 0 Å². The van der Waals surface area contributed by atoms with Gasteiger partial charge in [-0.05, 0) is 50.0 Å². The fourth-order valence-electron chi connectivity index (χ4n) is 3.25. The number of hydrogen-bond acceptors (Lipinski definition) is 3. The molecule has 2 saturated heterocycles. The molecule has 0 radical (unpaired) electrons. The molecule has 1 N–H and O–H groups in total. The van der Waals surface area contributed by atoms with E-state index in [1.54, 1.807) is 0 Å². The van der Waals surface area contributed by atoms with Gasteiger partial charge in [0.2, 0.25) is 10.0 Å². The Morgan fingerprint density at radius 3 is 2.75 bits per heavy atom. The van der Waals surface area contributed by atoms with Crippen LogP contribution in [0.5, 0.6) is 0 Å². The first kappa shape index (κ1) is 13.9. The normalized spacial score (nSPS) is 30.6. The predicted molar refractivity (Wildman–Crippen MR) is 69.6 cm³/mol. The van der Waals surface area contributed by atoms with Crippen molar-refractivity contribution in [1.29, 1.82) is 0 Å². The van der Waals surface area contributed by atoms with E-state index in [4.69, 9.17) is 0 Å². The highest BCUT2D eigenvalue weighted by Gasteiger charge is 2.47. The summed E-state index contributed by atoms with van der Waals surface area (Å²) < 4.78 is 53.4. The quantitative estimate of drug-likeness (QED) is 0.893. The summed E-state index contributed by atoms with van der Waals surface area (Å²) in [7, 11) is -3.99. The summed E-state index contributed by atoms with van der Waals surface area (Å²) in [5.41, 5.74) is 0. The van der Waals surface area contributed by atoms with Gasteiger partial charge in [0.05, 0.1) is 0 Å². The minimum Gasteiger partial charge on any atom is -0.316 e. The average Bonchev–Trinajstić information content (AvgIpc) is 2.96. The van der Waals surface area contributed by atoms with Crippen LogP contribution < -0.4 is 5.32 Å². The monoisotopic (exact) mass is 302 g/mol. The van der Waals surface area contributed by atoms with Crippen LogP contribution >= 0.6 is 0 Å². The van der Waals surface area contributed by atoms with E-state index < -0.39 is 26.6 Å². The van der Waals surface area contributed by atoms with Crippen LogP contribution in [0.2, 0.25) is 0 Å². The van der Waals surface area contributed by atoms with E-state index in [1.165, 1.54) is 4.31 Å². The second-order valence-electron chi connectivity index (χ2n) is 5.47. The van der Waals surface area contributed by atoms with Gasteiger partial charge < -0.3 is 5.32 Å². The van der Waals surface area contributed by atoms with Crippen LogP contribution in [0.15, 0.2) is 23.1 Å². The molecular weight excluding hydrogens is 286 g/mol. The van der Waals surface area contributed by atoms with E-state index in [2.05, 4.69) is 5.32 Å². The maximum atomic E-state index is 13.8. The van der Waals surface area contributed by atoms with Gasteiger partial charge in [0, 0.05) is 12.6 Å². The number of rotatable bonds is 2. The summed E-state index contributed by atoms with van der Waals surface area (Å²) in [6.07, 6.45) is 0. The maximum Gasteiger partial charge on any atom is 0.246 e. The molecule has 0 aliphatic carbocycles. The maximum absolute atomic E-state index is 13.8. The van der Waals surface area contributed by atoms with Crippen molar-refractivity contribution in [3.8, 4) is 0 Å². The summed E-state index contributed by atoms with van der Waals surface area (Å²) in [6.45, 7) is 3.72. The predicted octanol–water partition coefficient (Wildman–Crippen LogP) is 1.19. The van der Waals surface area contributed by atoms with Crippen molar-refractivity contribution in [3.63, 3.8) is 0 Å². The second-order valence-corrected chi connectivity index (χ2v) is 7.33. The fraction of sp³-hybridized carbons (Fsp3) is 0.538. The molecule has 0 saturated carbocycles. The lowest BCUT2D eigenvalue weighted by atomic mass is 9.95. The van der Waals surface area contributed by atoms with Gasteiger partial charge in [0.15, 0.2) is 0 Å². The number of sulfonamides is 1. The molecule has 1 aromatic carbocycles.